The van der Waals surface area contributed by atoms with Crippen molar-refractivity contribution in [3.63, 3.8) is 0 Å². The van der Waals surface area contributed by atoms with Crippen LogP contribution in [0.4, 0.5) is 5.95 Å². The summed E-state index contributed by atoms with van der Waals surface area (Å²) in [5.74, 6) is 0.0829. The quantitative estimate of drug-likeness (QED) is 0.728. The summed E-state index contributed by atoms with van der Waals surface area (Å²) in [6.45, 7) is 1.31. The molecule has 1 aromatic heterocycles. The van der Waals surface area contributed by atoms with Crippen molar-refractivity contribution in [2.75, 3.05) is 31.1 Å². The van der Waals surface area contributed by atoms with E-state index in [1.807, 2.05) is 41.4 Å². The van der Waals surface area contributed by atoms with E-state index < -0.39 is 0 Å². The molecule has 1 fully saturated rings. The minimum absolute atomic E-state index is 0.0378. The lowest BCUT2D eigenvalue weighted by Crippen LogP contribution is -2.41. The lowest BCUT2D eigenvalue weighted by Gasteiger charge is -2.33. The molecule has 0 saturated carbocycles. The van der Waals surface area contributed by atoms with Crippen molar-refractivity contribution in [1.29, 1.82) is 0 Å². The van der Waals surface area contributed by atoms with E-state index in [1.54, 1.807) is 17.3 Å². The maximum atomic E-state index is 13.2. The molecule has 4 rings (SSSR count). The Bertz CT molecular complexity index is 943. The zero-order chi connectivity index (χ0) is 21.6. The highest BCUT2D eigenvalue weighted by molar-refractivity contribution is 5.92. The fourth-order valence-corrected chi connectivity index (χ4v) is 3.98. The van der Waals surface area contributed by atoms with Crippen LogP contribution in [-0.2, 0) is 4.79 Å². The molecule has 0 radical (unpaired) electrons. The van der Waals surface area contributed by atoms with E-state index in [0.717, 1.165) is 12.0 Å². The number of anilines is 1. The van der Waals surface area contributed by atoms with Crippen molar-refractivity contribution in [1.82, 2.24) is 20.3 Å². The molecule has 2 aliphatic rings. The van der Waals surface area contributed by atoms with Crippen molar-refractivity contribution in [2.24, 2.45) is 11.0 Å². The summed E-state index contributed by atoms with van der Waals surface area (Å²) >= 11 is 0. The third kappa shape index (κ3) is 4.72. The van der Waals surface area contributed by atoms with Gasteiger partial charge in [-0.3, -0.25) is 9.59 Å². The Hall–Kier alpha value is -3.33. The van der Waals surface area contributed by atoms with Gasteiger partial charge in [0.15, 0.2) is 0 Å². The first-order chi connectivity index (χ1) is 15.2. The van der Waals surface area contributed by atoms with Gasteiger partial charge in [-0.15, -0.1) is 0 Å². The zero-order valence-electron chi connectivity index (χ0n) is 17.2. The molecule has 2 N–H and O–H groups in total. The Kier molecular flexibility index (Phi) is 6.51. The van der Waals surface area contributed by atoms with E-state index in [2.05, 4.69) is 20.4 Å². The van der Waals surface area contributed by atoms with Crippen molar-refractivity contribution < 1.29 is 14.7 Å². The number of hydrogen-bond acceptors (Lipinski definition) is 7. The van der Waals surface area contributed by atoms with Crippen LogP contribution < -0.4 is 10.2 Å². The molecule has 0 spiro atoms. The van der Waals surface area contributed by atoms with Gasteiger partial charge in [0.25, 0.3) is 5.91 Å². The predicted octanol–water partition coefficient (Wildman–Crippen LogP) is 1.37. The number of hydrazone groups is 1. The smallest absolute Gasteiger partial charge is 0.270 e. The first-order valence-electron chi connectivity index (χ1n) is 10.5. The molecule has 1 saturated heterocycles. The van der Waals surface area contributed by atoms with Crippen molar-refractivity contribution in [2.45, 2.75) is 25.3 Å². The average Bonchev–Trinajstić information content (AvgIpc) is 3.33. The number of benzene rings is 1. The molecule has 1 atom stereocenters. The molecule has 9 heteroatoms. The average molecular weight is 422 g/mol. The second-order valence-electron chi connectivity index (χ2n) is 7.63. The second-order valence-corrected chi connectivity index (χ2v) is 7.63. The van der Waals surface area contributed by atoms with Crippen LogP contribution >= 0.6 is 0 Å². The lowest BCUT2D eigenvalue weighted by atomic mass is 9.94. The van der Waals surface area contributed by atoms with Gasteiger partial charge in [-0.2, -0.15) is 5.10 Å². The van der Waals surface area contributed by atoms with Crippen molar-refractivity contribution in [3.05, 3.63) is 53.9 Å². The number of aliphatic hydroxyl groups excluding tert-OH is 1. The first kappa shape index (κ1) is 20.9. The lowest BCUT2D eigenvalue weighted by molar-refractivity contribution is -0.138. The number of rotatable bonds is 6. The third-order valence-corrected chi connectivity index (χ3v) is 5.64. The number of hydrogen-bond donors (Lipinski definition) is 2. The number of carbonyl (C=O) groups is 2. The van der Waals surface area contributed by atoms with Crippen molar-refractivity contribution >= 4 is 24.0 Å². The van der Waals surface area contributed by atoms with Gasteiger partial charge in [0.05, 0.1) is 12.6 Å². The summed E-state index contributed by atoms with van der Waals surface area (Å²) in [5, 5.41) is 17.4. The van der Waals surface area contributed by atoms with Gasteiger partial charge >= 0.3 is 0 Å². The SMILES string of the molecule is O=C(NCCO)c1ccnc(N2CCC(C(=O)N3N=CC[C@H]3c3ccccc3)CC2)n1. The summed E-state index contributed by atoms with van der Waals surface area (Å²) < 4.78 is 0. The molecule has 1 aromatic carbocycles. The number of carbonyl (C=O) groups excluding carboxylic acids is 2. The molecule has 2 aromatic rings. The van der Waals surface area contributed by atoms with E-state index in [-0.39, 0.29) is 42.6 Å². The monoisotopic (exact) mass is 422 g/mol. The number of aromatic nitrogens is 2. The van der Waals surface area contributed by atoms with Crippen LogP contribution in [0.25, 0.3) is 0 Å². The molecular formula is C22H26N6O3. The van der Waals surface area contributed by atoms with E-state index in [0.29, 0.717) is 31.9 Å². The van der Waals surface area contributed by atoms with Crippen LogP contribution in [0.2, 0.25) is 0 Å². The number of piperidine rings is 1. The van der Waals surface area contributed by atoms with Gasteiger partial charge in [0.1, 0.15) is 5.69 Å². The Balaban J connectivity index is 1.37. The molecule has 0 aliphatic carbocycles. The molecule has 9 nitrogen and oxygen atoms in total. The predicted molar refractivity (Wildman–Crippen MR) is 116 cm³/mol. The highest BCUT2D eigenvalue weighted by Gasteiger charge is 2.35. The summed E-state index contributed by atoms with van der Waals surface area (Å²) in [5.41, 5.74) is 1.35. The molecule has 0 bridgehead atoms. The van der Waals surface area contributed by atoms with Gasteiger partial charge in [-0.05, 0) is 24.5 Å². The molecule has 2 amide bonds. The molecule has 31 heavy (non-hydrogen) atoms. The van der Waals surface area contributed by atoms with Crippen LogP contribution in [0.3, 0.4) is 0 Å². The number of nitrogens with one attached hydrogen (secondary N) is 1. The van der Waals surface area contributed by atoms with Crippen LogP contribution in [0.5, 0.6) is 0 Å². The fraction of sp³-hybridized carbons (Fsp3) is 0.409. The molecule has 3 heterocycles. The first-order valence-corrected chi connectivity index (χ1v) is 10.5. The Morgan fingerprint density at radius 3 is 2.65 bits per heavy atom. The third-order valence-electron chi connectivity index (χ3n) is 5.64. The van der Waals surface area contributed by atoms with Gasteiger partial charge < -0.3 is 15.3 Å². The highest BCUT2D eigenvalue weighted by Crippen LogP contribution is 2.32. The number of aliphatic hydroxyl groups is 1. The van der Waals surface area contributed by atoms with E-state index in [9.17, 15) is 9.59 Å². The Morgan fingerprint density at radius 1 is 1.13 bits per heavy atom. The van der Waals surface area contributed by atoms with Crippen LogP contribution in [0, 0.1) is 5.92 Å². The van der Waals surface area contributed by atoms with Crippen LogP contribution in [0.1, 0.15) is 41.4 Å². The van der Waals surface area contributed by atoms with Gasteiger partial charge in [0, 0.05) is 44.4 Å². The highest BCUT2D eigenvalue weighted by atomic mass is 16.3. The van der Waals surface area contributed by atoms with Gasteiger partial charge in [-0.1, -0.05) is 30.3 Å². The standard InChI is InChI=1S/C22H26N6O3/c29-15-12-23-20(30)18-6-10-24-22(26-18)27-13-8-17(9-14-27)21(31)28-19(7-11-25-28)16-4-2-1-3-5-16/h1-6,10-11,17,19,29H,7-9,12-15H2,(H,23,30)/t19-/m0/s1. The van der Waals surface area contributed by atoms with Gasteiger partial charge in [-0.25, -0.2) is 15.0 Å². The Morgan fingerprint density at radius 2 is 1.90 bits per heavy atom. The number of nitrogens with zero attached hydrogens (tertiary/aromatic N) is 5. The van der Waals surface area contributed by atoms with Crippen LogP contribution in [-0.4, -0.2) is 64.4 Å². The fourth-order valence-electron chi connectivity index (χ4n) is 3.98. The minimum Gasteiger partial charge on any atom is -0.395 e. The molecule has 162 valence electrons. The summed E-state index contributed by atoms with van der Waals surface area (Å²) in [6, 6.07) is 11.5. The largest absolute Gasteiger partial charge is 0.395 e. The zero-order valence-corrected chi connectivity index (χ0v) is 17.2. The number of amides is 2. The van der Waals surface area contributed by atoms with E-state index in [1.165, 1.54) is 0 Å². The topological polar surface area (TPSA) is 111 Å². The van der Waals surface area contributed by atoms with E-state index >= 15 is 0 Å². The summed E-state index contributed by atoms with van der Waals surface area (Å²) in [4.78, 5) is 35.9. The van der Waals surface area contributed by atoms with Gasteiger partial charge in [0.2, 0.25) is 11.9 Å². The maximum Gasteiger partial charge on any atom is 0.270 e. The molecule has 0 unspecified atom stereocenters. The minimum atomic E-state index is -0.346. The summed E-state index contributed by atoms with van der Waals surface area (Å²) in [7, 11) is 0. The van der Waals surface area contributed by atoms with Crippen LogP contribution in [0.15, 0.2) is 47.7 Å². The molecular weight excluding hydrogens is 396 g/mol. The molecule has 2 aliphatic heterocycles. The maximum absolute atomic E-state index is 13.2. The van der Waals surface area contributed by atoms with E-state index in [4.69, 9.17) is 5.11 Å². The summed E-state index contributed by atoms with van der Waals surface area (Å²) in [6.07, 6.45) is 5.45. The normalized spacial score (nSPS) is 18.9. The van der Waals surface area contributed by atoms with Crippen molar-refractivity contribution in [3.8, 4) is 0 Å². The second kappa shape index (κ2) is 9.65. The Labute approximate surface area is 180 Å².